The Morgan fingerprint density at radius 2 is 1.95 bits per heavy atom. The molecule has 22 heavy (non-hydrogen) atoms. The number of hydrogen-bond donors (Lipinski definition) is 3. The number of primary sulfonamides is 1. The van der Waals surface area contributed by atoms with Crippen molar-refractivity contribution < 1.29 is 13.2 Å². The first-order chi connectivity index (χ1) is 10.3. The van der Waals surface area contributed by atoms with Crippen LogP contribution < -0.4 is 15.8 Å². The summed E-state index contributed by atoms with van der Waals surface area (Å²) in [5.74, 6) is 0.460. The molecule has 1 aromatic carbocycles. The van der Waals surface area contributed by atoms with Crippen molar-refractivity contribution in [2.45, 2.75) is 18.4 Å². The lowest BCUT2D eigenvalue weighted by Gasteiger charge is -2.06. The number of aromatic nitrogens is 2. The molecule has 8 nitrogen and oxygen atoms in total. The maximum atomic E-state index is 11.7. The summed E-state index contributed by atoms with van der Waals surface area (Å²) in [6.07, 6.45) is 0. The van der Waals surface area contributed by atoms with E-state index in [0.717, 1.165) is 11.3 Å². The fourth-order valence-electron chi connectivity index (χ4n) is 1.76. The van der Waals surface area contributed by atoms with Crippen molar-refractivity contribution in [3.05, 3.63) is 41.6 Å². The molecule has 0 fully saturated rings. The van der Waals surface area contributed by atoms with Gasteiger partial charge in [0.1, 0.15) is 0 Å². The molecule has 4 N–H and O–H groups in total. The molecule has 2 aromatic rings. The summed E-state index contributed by atoms with van der Waals surface area (Å²) >= 11 is 0. The van der Waals surface area contributed by atoms with Gasteiger partial charge in [-0.1, -0.05) is 12.1 Å². The first-order valence-corrected chi connectivity index (χ1v) is 7.97. The van der Waals surface area contributed by atoms with Gasteiger partial charge >= 0.3 is 6.03 Å². The first-order valence-electron chi connectivity index (χ1n) is 6.43. The van der Waals surface area contributed by atoms with Gasteiger partial charge in [-0.05, 0) is 24.6 Å². The molecule has 0 aliphatic heterocycles. The highest BCUT2D eigenvalue weighted by Crippen LogP contribution is 2.09. The smallest absolute Gasteiger partial charge is 0.320 e. The van der Waals surface area contributed by atoms with Gasteiger partial charge in [0.2, 0.25) is 10.0 Å². The quantitative estimate of drug-likeness (QED) is 0.767. The Labute approximate surface area is 128 Å². The van der Waals surface area contributed by atoms with Crippen LogP contribution in [0.25, 0.3) is 0 Å². The first kappa shape index (κ1) is 16.0. The number of benzene rings is 1. The fraction of sp³-hybridized carbons (Fsp3) is 0.231. The molecule has 1 heterocycles. The number of amides is 2. The van der Waals surface area contributed by atoms with E-state index in [1.54, 1.807) is 29.9 Å². The van der Waals surface area contributed by atoms with E-state index in [4.69, 9.17) is 5.14 Å². The molecule has 2 rings (SSSR count). The summed E-state index contributed by atoms with van der Waals surface area (Å²) in [5, 5.41) is 14.4. The molecule has 1 aromatic heterocycles. The van der Waals surface area contributed by atoms with E-state index in [9.17, 15) is 13.2 Å². The predicted octanol–water partition coefficient (Wildman–Crippen LogP) is 0.698. The third-order valence-corrected chi connectivity index (χ3v) is 3.99. The molecular weight excluding hydrogens is 306 g/mol. The van der Waals surface area contributed by atoms with Crippen LogP contribution in [0.1, 0.15) is 11.3 Å². The Bertz CT molecular complexity index is 761. The highest BCUT2D eigenvalue weighted by Gasteiger charge is 2.08. The Hall–Kier alpha value is -2.39. The lowest BCUT2D eigenvalue weighted by atomic mass is 10.2. The van der Waals surface area contributed by atoms with Gasteiger partial charge in [-0.15, -0.1) is 0 Å². The highest BCUT2D eigenvalue weighted by molar-refractivity contribution is 7.89. The van der Waals surface area contributed by atoms with Crippen molar-refractivity contribution in [2.24, 2.45) is 12.2 Å². The molecule has 118 valence electrons. The Morgan fingerprint density at radius 1 is 1.32 bits per heavy atom. The molecule has 0 saturated carbocycles. The molecule has 0 atom stereocenters. The van der Waals surface area contributed by atoms with Crippen LogP contribution in [-0.4, -0.2) is 24.2 Å². The van der Waals surface area contributed by atoms with Gasteiger partial charge < -0.3 is 5.32 Å². The average Bonchev–Trinajstić information content (AvgIpc) is 2.74. The summed E-state index contributed by atoms with van der Waals surface area (Å²) in [5.41, 5.74) is 1.67. The number of hydrogen-bond acceptors (Lipinski definition) is 4. The molecule has 0 radical (unpaired) electrons. The topological polar surface area (TPSA) is 119 Å². The minimum atomic E-state index is -3.70. The number of anilines is 1. The number of rotatable bonds is 4. The van der Waals surface area contributed by atoms with E-state index < -0.39 is 16.1 Å². The number of sulfonamides is 1. The minimum absolute atomic E-state index is 0.0321. The van der Waals surface area contributed by atoms with Gasteiger partial charge in [-0.3, -0.25) is 10.00 Å². The molecule has 2 amide bonds. The standard InChI is InChI=1S/C13H17N5O3S/c1-9-7-12(17-18(9)2)16-13(19)15-8-10-3-5-11(6-4-10)22(14,20)21/h3-7H,8H2,1-2H3,(H2,14,20,21)(H2,15,16,17,19). The van der Waals surface area contributed by atoms with Crippen LogP contribution in [0.4, 0.5) is 10.6 Å². The highest BCUT2D eigenvalue weighted by atomic mass is 32.2. The van der Waals surface area contributed by atoms with Crippen LogP contribution in [0.15, 0.2) is 35.2 Å². The maximum absolute atomic E-state index is 11.7. The number of nitrogens with two attached hydrogens (primary N) is 1. The monoisotopic (exact) mass is 323 g/mol. The van der Waals surface area contributed by atoms with Crippen molar-refractivity contribution in [3.8, 4) is 0 Å². The zero-order valence-corrected chi connectivity index (χ0v) is 13.0. The second-order valence-electron chi connectivity index (χ2n) is 4.79. The van der Waals surface area contributed by atoms with E-state index >= 15 is 0 Å². The van der Waals surface area contributed by atoms with Crippen LogP contribution >= 0.6 is 0 Å². The molecule has 0 aliphatic carbocycles. The van der Waals surface area contributed by atoms with Crippen LogP contribution in [0.3, 0.4) is 0 Å². The number of carbonyl (C=O) groups excluding carboxylic acids is 1. The second-order valence-corrected chi connectivity index (χ2v) is 6.35. The maximum Gasteiger partial charge on any atom is 0.320 e. The van der Waals surface area contributed by atoms with E-state index in [1.165, 1.54) is 12.1 Å². The summed E-state index contributed by atoms with van der Waals surface area (Å²) in [4.78, 5) is 11.8. The van der Waals surface area contributed by atoms with Gasteiger partial charge in [0.05, 0.1) is 4.90 Å². The van der Waals surface area contributed by atoms with E-state index in [0.29, 0.717) is 5.82 Å². The van der Waals surface area contributed by atoms with Crippen LogP contribution in [0.2, 0.25) is 0 Å². The van der Waals surface area contributed by atoms with Gasteiger partial charge in [0.15, 0.2) is 5.82 Å². The molecule has 0 bridgehead atoms. The Kier molecular flexibility index (Phi) is 4.48. The normalized spacial score (nSPS) is 11.2. The summed E-state index contributed by atoms with van der Waals surface area (Å²) < 4.78 is 23.9. The Morgan fingerprint density at radius 3 is 2.45 bits per heavy atom. The lowest BCUT2D eigenvalue weighted by molar-refractivity contribution is 0.251. The molecule has 9 heteroatoms. The van der Waals surface area contributed by atoms with Gasteiger partial charge in [-0.2, -0.15) is 5.10 Å². The Balaban J connectivity index is 1.91. The number of nitrogens with zero attached hydrogens (tertiary/aromatic N) is 2. The van der Waals surface area contributed by atoms with E-state index in [2.05, 4.69) is 15.7 Å². The molecule has 0 aliphatic rings. The largest absolute Gasteiger partial charge is 0.334 e. The molecule has 0 saturated heterocycles. The summed E-state index contributed by atoms with van der Waals surface area (Å²) in [7, 11) is -1.92. The SMILES string of the molecule is Cc1cc(NC(=O)NCc2ccc(S(N)(=O)=O)cc2)nn1C. The molecular formula is C13H17N5O3S. The summed E-state index contributed by atoms with van der Waals surface area (Å²) in [6, 6.07) is 7.32. The van der Waals surface area contributed by atoms with E-state index in [-0.39, 0.29) is 11.4 Å². The zero-order valence-electron chi connectivity index (χ0n) is 12.2. The van der Waals surface area contributed by atoms with Crippen LogP contribution in [0, 0.1) is 6.92 Å². The van der Waals surface area contributed by atoms with Crippen molar-refractivity contribution >= 4 is 21.9 Å². The summed E-state index contributed by atoms with van der Waals surface area (Å²) in [6.45, 7) is 2.13. The van der Waals surface area contributed by atoms with Crippen molar-refractivity contribution in [1.29, 1.82) is 0 Å². The molecule has 0 unspecified atom stereocenters. The number of aryl methyl sites for hydroxylation is 2. The van der Waals surface area contributed by atoms with Gasteiger partial charge in [0, 0.05) is 25.4 Å². The zero-order chi connectivity index (χ0) is 16.3. The third kappa shape index (κ3) is 4.06. The van der Waals surface area contributed by atoms with E-state index in [1.807, 2.05) is 6.92 Å². The lowest BCUT2D eigenvalue weighted by Crippen LogP contribution is -2.28. The predicted molar refractivity (Wildman–Crippen MR) is 81.6 cm³/mol. The second kappa shape index (κ2) is 6.16. The average molecular weight is 323 g/mol. The van der Waals surface area contributed by atoms with Gasteiger partial charge in [0.25, 0.3) is 0 Å². The molecule has 0 spiro atoms. The number of urea groups is 1. The van der Waals surface area contributed by atoms with Gasteiger partial charge in [-0.25, -0.2) is 18.4 Å². The van der Waals surface area contributed by atoms with Crippen molar-refractivity contribution in [3.63, 3.8) is 0 Å². The number of carbonyl (C=O) groups is 1. The number of nitrogens with one attached hydrogen (secondary N) is 2. The minimum Gasteiger partial charge on any atom is -0.334 e. The van der Waals surface area contributed by atoms with Crippen molar-refractivity contribution in [2.75, 3.05) is 5.32 Å². The van der Waals surface area contributed by atoms with Crippen molar-refractivity contribution in [1.82, 2.24) is 15.1 Å². The third-order valence-electron chi connectivity index (χ3n) is 3.06. The van der Waals surface area contributed by atoms with Crippen LogP contribution in [0.5, 0.6) is 0 Å². The van der Waals surface area contributed by atoms with Crippen LogP contribution in [-0.2, 0) is 23.6 Å². The fourth-order valence-corrected chi connectivity index (χ4v) is 2.28.